The van der Waals surface area contributed by atoms with Gasteiger partial charge in [0.05, 0.1) is 11.3 Å². The first kappa shape index (κ1) is 19.2. The van der Waals surface area contributed by atoms with Crippen LogP contribution in [-0.2, 0) is 11.8 Å². The van der Waals surface area contributed by atoms with Crippen molar-refractivity contribution in [3.8, 4) is 11.1 Å². The number of anilines is 2. The van der Waals surface area contributed by atoms with E-state index in [0.717, 1.165) is 0 Å². The van der Waals surface area contributed by atoms with E-state index < -0.39 is 11.7 Å². The summed E-state index contributed by atoms with van der Waals surface area (Å²) < 4.78 is 30.5. The molecule has 6 nitrogen and oxygen atoms in total. The molecule has 2 aromatic heterocycles. The van der Waals surface area contributed by atoms with Gasteiger partial charge in [0.2, 0.25) is 5.91 Å². The van der Waals surface area contributed by atoms with E-state index in [1.807, 2.05) is 0 Å². The summed E-state index contributed by atoms with van der Waals surface area (Å²) in [7, 11) is 1.81. The van der Waals surface area contributed by atoms with Gasteiger partial charge < -0.3 is 15.2 Å². The summed E-state index contributed by atoms with van der Waals surface area (Å²) in [5.74, 6) is -1.18. The number of fused-ring (bicyclic) bond motifs is 1. The molecule has 1 unspecified atom stereocenters. The fourth-order valence-electron chi connectivity index (χ4n) is 4.30. The maximum absolute atomic E-state index is 15.2. The first-order chi connectivity index (χ1) is 14.9. The molecule has 1 amide bonds. The number of halogens is 2. The number of amides is 1. The van der Waals surface area contributed by atoms with E-state index in [0.29, 0.717) is 46.4 Å². The lowest BCUT2D eigenvalue weighted by Crippen LogP contribution is -2.26. The minimum Gasteiger partial charge on any atom is -0.383 e. The molecule has 1 fully saturated rings. The Kier molecular flexibility index (Phi) is 4.43. The third-order valence-electron chi connectivity index (χ3n) is 5.79. The number of nitrogens with two attached hydrogens (primary N) is 1. The van der Waals surface area contributed by atoms with Crippen LogP contribution < -0.4 is 10.6 Å². The first-order valence-corrected chi connectivity index (χ1v) is 9.86. The highest BCUT2D eigenvalue weighted by atomic mass is 19.1. The molecule has 5 rings (SSSR count). The number of nitrogen functional groups attached to an aromatic ring is 1. The number of hydrogen-bond acceptors (Lipinski definition) is 4. The van der Waals surface area contributed by atoms with Gasteiger partial charge in [0.15, 0.2) is 0 Å². The van der Waals surface area contributed by atoms with Crippen LogP contribution in [0.2, 0.25) is 0 Å². The Morgan fingerprint density at radius 2 is 1.94 bits per heavy atom. The second-order valence-corrected chi connectivity index (χ2v) is 7.66. The van der Waals surface area contributed by atoms with Crippen molar-refractivity contribution in [1.29, 1.82) is 0 Å². The minimum absolute atomic E-state index is 0.166. The molecule has 0 aliphatic carbocycles. The topological polar surface area (TPSA) is 77.0 Å². The molecule has 1 atom stereocenters. The van der Waals surface area contributed by atoms with Crippen molar-refractivity contribution in [2.75, 3.05) is 17.2 Å². The lowest BCUT2D eigenvalue weighted by Gasteiger charge is -2.18. The molecule has 0 bridgehead atoms. The zero-order chi connectivity index (χ0) is 21.7. The Bertz CT molecular complexity index is 1330. The largest absolute Gasteiger partial charge is 0.383 e. The lowest BCUT2D eigenvalue weighted by molar-refractivity contribution is -0.118. The smallest absolute Gasteiger partial charge is 0.234 e. The van der Waals surface area contributed by atoms with Crippen LogP contribution in [0.3, 0.4) is 0 Å². The molecule has 1 saturated heterocycles. The van der Waals surface area contributed by atoms with Crippen LogP contribution in [0.25, 0.3) is 22.2 Å². The van der Waals surface area contributed by atoms with Crippen LogP contribution in [0.4, 0.5) is 20.3 Å². The number of benzene rings is 2. The molecular formula is C23H19F2N5O. The number of nitrogens with zero attached hydrogens (tertiary/aromatic N) is 4. The van der Waals surface area contributed by atoms with E-state index in [1.165, 1.54) is 24.5 Å². The Labute approximate surface area is 176 Å². The van der Waals surface area contributed by atoms with Crippen LogP contribution in [0.15, 0.2) is 55.0 Å². The third-order valence-corrected chi connectivity index (χ3v) is 5.79. The molecule has 0 saturated carbocycles. The van der Waals surface area contributed by atoms with Gasteiger partial charge in [0.25, 0.3) is 0 Å². The fourth-order valence-corrected chi connectivity index (χ4v) is 4.30. The van der Waals surface area contributed by atoms with Crippen LogP contribution in [0.5, 0.6) is 0 Å². The van der Waals surface area contributed by atoms with Crippen molar-refractivity contribution in [2.24, 2.45) is 7.05 Å². The zero-order valence-electron chi connectivity index (χ0n) is 16.7. The summed E-state index contributed by atoms with van der Waals surface area (Å²) >= 11 is 0. The monoisotopic (exact) mass is 419 g/mol. The van der Waals surface area contributed by atoms with E-state index >= 15 is 4.39 Å². The standard InChI is InChI=1S/C23H19F2N5O/c1-29-11-18(20-21(26)27-12-28-22(20)29)17-6-5-15(10-19(17)25)30-8-7-16(23(30)31)13-3-2-4-14(24)9-13/h2-6,9-12,16H,7-8H2,1H3,(H2,26,27,28). The van der Waals surface area contributed by atoms with Crippen molar-refractivity contribution < 1.29 is 13.6 Å². The Balaban J connectivity index is 1.49. The number of hydrogen-bond donors (Lipinski definition) is 1. The second kappa shape index (κ2) is 7.16. The normalized spacial score (nSPS) is 16.4. The van der Waals surface area contributed by atoms with Gasteiger partial charge in [-0.3, -0.25) is 4.79 Å². The Morgan fingerprint density at radius 1 is 1.10 bits per heavy atom. The number of rotatable bonds is 3. The molecule has 3 heterocycles. The maximum Gasteiger partial charge on any atom is 0.234 e. The van der Waals surface area contributed by atoms with Crippen molar-refractivity contribution in [3.63, 3.8) is 0 Å². The summed E-state index contributed by atoms with van der Waals surface area (Å²) in [6.07, 6.45) is 3.67. The molecule has 0 radical (unpaired) electrons. The van der Waals surface area contributed by atoms with Gasteiger partial charge in [-0.1, -0.05) is 12.1 Å². The van der Waals surface area contributed by atoms with E-state index in [1.54, 1.807) is 47.0 Å². The van der Waals surface area contributed by atoms with E-state index in [2.05, 4.69) is 9.97 Å². The Morgan fingerprint density at radius 3 is 2.71 bits per heavy atom. The molecule has 0 spiro atoms. The molecule has 4 aromatic rings. The van der Waals surface area contributed by atoms with Gasteiger partial charge in [-0.15, -0.1) is 0 Å². The summed E-state index contributed by atoms with van der Waals surface area (Å²) in [6.45, 7) is 0.438. The lowest BCUT2D eigenvalue weighted by atomic mass is 9.98. The van der Waals surface area contributed by atoms with E-state index in [9.17, 15) is 9.18 Å². The fraction of sp³-hybridized carbons (Fsp3) is 0.174. The van der Waals surface area contributed by atoms with Gasteiger partial charge in [-0.05, 0) is 42.3 Å². The van der Waals surface area contributed by atoms with Crippen molar-refractivity contribution in [2.45, 2.75) is 12.3 Å². The summed E-state index contributed by atoms with van der Waals surface area (Å²) in [5, 5.41) is 0.583. The number of aromatic nitrogens is 3. The third kappa shape index (κ3) is 3.11. The quantitative estimate of drug-likeness (QED) is 0.544. The van der Waals surface area contributed by atoms with Crippen LogP contribution in [0.1, 0.15) is 17.9 Å². The summed E-state index contributed by atoms with van der Waals surface area (Å²) in [6, 6.07) is 10.8. The molecule has 31 heavy (non-hydrogen) atoms. The molecule has 2 N–H and O–H groups in total. The van der Waals surface area contributed by atoms with Gasteiger partial charge in [-0.25, -0.2) is 18.7 Å². The molecular weight excluding hydrogens is 400 g/mol. The predicted octanol–water partition coefficient (Wildman–Crippen LogP) is 4.02. The van der Waals surface area contributed by atoms with Gasteiger partial charge in [-0.2, -0.15) is 0 Å². The molecule has 8 heteroatoms. The summed E-state index contributed by atoms with van der Waals surface area (Å²) in [4.78, 5) is 22.7. The SMILES string of the molecule is Cn1cc(-c2ccc(N3CCC(c4cccc(F)c4)C3=O)cc2F)c2c(N)ncnc21. The van der Waals surface area contributed by atoms with Crippen LogP contribution in [0, 0.1) is 11.6 Å². The maximum atomic E-state index is 15.2. The minimum atomic E-state index is -0.477. The number of aryl methyl sites for hydroxylation is 1. The number of carbonyl (C=O) groups excluding carboxylic acids is 1. The average molecular weight is 419 g/mol. The summed E-state index contributed by atoms with van der Waals surface area (Å²) in [5.41, 5.74) is 8.67. The predicted molar refractivity (Wildman–Crippen MR) is 114 cm³/mol. The first-order valence-electron chi connectivity index (χ1n) is 9.86. The molecule has 2 aromatic carbocycles. The van der Waals surface area contributed by atoms with Gasteiger partial charge >= 0.3 is 0 Å². The van der Waals surface area contributed by atoms with Crippen molar-refractivity contribution in [1.82, 2.24) is 14.5 Å². The second-order valence-electron chi connectivity index (χ2n) is 7.66. The van der Waals surface area contributed by atoms with E-state index in [-0.39, 0.29) is 17.5 Å². The molecule has 1 aliphatic rings. The van der Waals surface area contributed by atoms with Crippen molar-refractivity contribution >= 4 is 28.4 Å². The van der Waals surface area contributed by atoms with Crippen LogP contribution >= 0.6 is 0 Å². The average Bonchev–Trinajstić information content (AvgIpc) is 3.29. The Hall–Kier alpha value is -3.81. The van der Waals surface area contributed by atoms with Gasteiger partial charge in [0, 0.05) is 36.6 Å². The molecule has 1 aliphatic heterocycles. The molecule has 156 valence electrons. The number of carbonyl (C=O) groups is 1. The highest BCUT2D eigenvalue weighted by Gasteiger charge is 2.34. The zero-order valence-corrected chi connectivity index (χ0v) is 16.7. The van der Waals surface area contributed by atoms with Crippen molar-refractivity contribution in [3.05, 3.63) is 72.2 Å². The van der Waals surface area contributed by atoms with Crippen LogP contribution in [-0.4, -0.2) is 27.0 Å². The van der Waals surface area contributed by atoms with E-state index in [4.69, 9.17) is 5.73 Å². The highest BCUT2D eigenvalue weighted by molar-refractivity contribution is 6.02. The highest BCUT2D eigenvalue weighted by Crippen LogP contribution is 2.37. The van der Waals surface area contributed by atoms with Gasteiger partial charge in [0.1, 0.15) is 29.4 Å².